The van der Waals surface area contributed by atoms with Gasteiger partial charge in [-0.15, -0.1) is 0 Å². The van der Waals surface area contributed by atoms with Crippen molar-refractivity contribution in [1.29, 1.82) is 0 Å². The molecule has 0 aliphatic rings. The number of hydrogen-bond donors (Lipinski definition) is 2. The number of carbonyl (C=O) groups is 1. The molecule has 304 valence electrons. The highest BCUT2D eigenvalue weighted by atomic mass is 31.2. The number of carbonyl (C=O) groups excluding carboxylic acids is 1. The predicted octanol–water partition coefficient (Wildman–Crippen LogP) is 12.4. The summed E-state index contributed by atoms with van der Waals surface area (Å²) in [5, 5.41) is 0. The minimum Gasteiger partial charge on any atom is -0.457 e. The van der Waals surface area contributed by atoms with E-state index in [1.165, 1.54) is 96.3 Å². The first kappa shape index (κ1) is 50.5. The molecule has 0 bridgehead atoms. The van der Waals surface area contributed by atoms with Crippen LogP contribution in [0.5, 0.6) is 0 Å². The van der Waals surface area contributed by atoms with E-state index in [0.717, 1.165) is 64.2 Å². The van der Waals surface area contributed by atoms with E-state index in [-0.39, 0.29) is 32.3 Å². The second-order valence-electron chi connectivity index (χ2n) is 13.8. The zero-order chi connectivity index (χ0) is 38.1. The van der Waals surface area contributed by atoms with Crippen LogP contribution in [0.15, 0.2) is 48.6 Å². The second kappa shape index (κ2) is 40.6. The molecule has 8 nitrogen and oxygen atoms in total. The standard InChI is InChI=1S/C43H80NO7P/c1-3-5-7-9-11-13-15-16-17-18-19-20-21-22-23-24-25-27-29-31-33-35-38-48-40-42(41-50-52(46,47)49-39-37-44)51-43(45)36-34-32-30-28-26-14-12-10-8-6-4-2/h10,12,15-16,18-19,21-22,42H,3-9,11,13-14,17,20,23-41,44H2,1-2H3,(H,46,47)/b12-10-,16-15-,19-18-,22-21-. The molecule has 0 radical (unpaired) electrons. The zero-order valence-electron chi connectivity index (χ0n) is 33.5. The fourth-order valence-electron chi connectivity index (χ4n) is 5.57. The third-order valence-electron chi connectivity index (χ3n) is 8.72. The van der Waals surface area contributed by atoms with E-state index < -0.39 is 13.9 Å². The number of phosphoric ester groups is 1. The maximum absolute atomic E-state index is 12.5. The summed E-state index contributed by atoms with van der Waals surface area (Å²) < 4.78 is 33.3. The lowest BCUT2D eigenvalue weighted by Crippen LogP contribution is -2.28. The maximum Gasteiger partial charge on any atom is 0.472 e. The molecular weight excluding hydrogens is 673 g/mol. The molecule has 3 N–H and O–H groups in total. The van der Waals surface area contributed by atoms with Gasteiger partial charge in [0.2, 0.25) is 0 Å². The first-order valence-corrected chi connectivity index (χ1v) is 22.6. The van der Waals surface area contributed by atoms with E-state index in [2.05, 4.69) is 62.5 Å². The van der Waals surface area contributed by atoms with Gasteiger partial charge < -0.3 is 20.1 Å². The Morgan fingerprint density at radius 2 is 1.04 bits per heavy atom. The maximum atomic E-state index is 12.5. The van der Waals surface area contributed by atoms with Crippen molar-refractivity contribution in [2.24, 2.45) is 5.73 Å². The molecule has 0 amide bonds. The average molecular weight is 754 g/mol. The number of esters is 1. The van der Waals surface area contributed by atoms with Crippen LogP contribution in [0.3, 0.4) is 0 Å². The molecule has 2 atom stereocenters. The predicted molar refractivity (Wildman–Crippen MR) is 219 cm³/mol. The van der Waals surface area contributed by atoms with Gasteiger partial charge in [-0.2, -0.15) is 0 Å². The summed E-state index contributed by atoms with van der Waals surface area (Å²) in [6.45, 7) is 4.83. The van der Waals surface area contributed by atoms with Crippen molar-refractivity contribution >= 4 is 13.8 Å². The molecule has 0 aromatic rings. The quantitative estimate of drug-likeness (QED) is 0.0275. The third-order valence-corrected chi connectivity index (χ3v) is 9.70. The summed E-state index contributed by atoms with van der Waals surface area (Å²) in [5.74, 6) is -0.346. The highest BCUT2D eigenvalue weighted by Gasteiger charge is 2.25. The van der Waals surface area contributed by atoms with E-state index in [4.69, 9.17) is 24.3 Å². The van der Waals surface area contributed by atoms with Crippen LogP contribution < -0.4 is 5.73 Å². The van der Waals surface area contributed by atoms with Crippen molar-refractivity contribution in [2.75, 3.05) is 33.0 Å². The minimum absolute atomic E-state index is 0.0957. The van der Waals surface area contributed by atoms with Crippen LogP contribution in [0.4, 0.5) is 0 Å². The van der Waals surface area contributed by atoms with Crippen molar-refractivity contribution in [3.63, 3.8) is 0 Å². The molecular formula is C43H80NO7P. The van der Waals surface area contributed by atoms with E-state index in [1.807, 2.05) is 0 Å². The smallest absolute Gasteiger partial charge is 0.457 e. The number of phosphoric acid groups is 1. The molecule has 0 saturated carbocycles. The summed E-state index contributed by atoms with van der Waals surface area (Å²) in [7, 11) is -4.28. The summed E-state index contributed by atoms with van der Waals surface area (Å²) in [5.41, 5.74) is 5.36. The molecule has 9 heteroatoms. The average Bonchev–Trinajstić information content (AvgIpc) is 3.13. The minimum atomic E-state index is -4.28. The molecule has 0 saturated heterocycles. The van der Waals surface area contributed by atoms with Gasteiger partial charge in [0, 0.05) is 19.6 Å². The molecule has 0 rings (SSSR count). The molecule has 0 aliphatic carbocycles. The first-order chi connectivity index (χ1) is 25.4. The van der Waals surface area contributed by atoms with E-state index >= 15 is 0 Å². The molecule has 0 fully saturated rings. The van der Waals surface area contributed by atoms with Crippen molar-refractivity contribution in [3.8, 4) is 0 Å². The molecule has 52 heavy (non-hydrogen) atoms. The largest absolute Gasteiger partial charge is 0.472 e. The normalized spacial score (nSPS) is 14.0. The van der Waals surface area contributed by atoms with Crippen LogP contribution in [0.2, 0.25) is 0 Å². The highest BCUT2D eigenvalue weighted by molar-refractivity contribution is 7.47. The lowest BCUT2D eigenvalue weighted by molar-refractivity contribution is -0.154. The Kier molecular flexibility index (Phi) is 39.4. The van der Waals surface area contributed by atoms with E-state index in [9.17, 15) is 14.3 Å². The first-order valence-electron chi connectivity index (χ1n) is 21.1. The van der Waals surface area contributed by atoms with Crippen LogP contribution in [0, 0.1) is 0 Å². The molecule has 0 aromatic carbocycles. The Labute approximate surface area is 320 Å². The van der Waals surface area contributed by atoms with Crippen LogP contribution in [-0.4, -0.2) is 49.9 Å². The van der Waals surface area contributed by atoms with Crippen LogP contribution in [0.25, 0.3) is 0 Å². The van der Waals surface area contributed by atoms with Gasteiger partial charge in [0.05, 0.1) is 19.8 Å². The van der Waals surface area contributed by atoms with E-state index in [0.29, 0.717) is 13.0 Å². The summed E-state index contributed by atoms with van der Waals surface area (Å²) in [6, 6.07) is 0. The summed E-state index contributed by atoms with van der Waals surface area (Å²) >= 11 is 0. The number of unbranched alkanes of at least 4 members (excludes halogenated alkanes) is 19. The number of hydrogen-bond acceptors (Lipinski definition) is 7. The molecule has 2 unspecified atom stereocenters. The Hall–Kier alpha value is -1.54. The number of ether oxygens (including phenoxy) is 2. The Bertz CT molecular complexity index is 936. The molecule has 0 aliphatic heterocycles. The fourth-order valence-corrected chi connectivity index (χ4v) is 6.34. The van der Waals surface area contributed by atoms with Crippen LogP contribution in [0.1, 0.15) is 181 Å². The summed E-state index contributed by atoms with van der Waals surface area (Å²) in [4.78, 5) is 22.4. The van der Waals surface area contributed by atoms with Gasteiger partial charge in [-0.05, 0) is 70.6 Å². The Morgan fingerprint density at radius 1 is 0.577 bits per heavy atom. The van der Waals surface area contributed by atoms with Crippen molar-refractivity contribution in [1.82, 2.24) is 0 Å². The van der Waals surface area contributed by atoms with Crippen molar-refractivity contribution in [2.45, 2.75) is 187 Å². The topological polar surface area (TPSA) is 117 Å². The Morgan fingerprint density at radius 3 is 1.60 bits per heavy atom. The second-order valence-corrected chi connectivity index (χ2v) is 15.3. The molecule has 0 spiro atoms. The summed E-state index contributed by atoms with van der Waals surface area (Å²) in [6.07, 6.45) is 47.0. The van der Waals surface area contributed by atoms with Crippen LogP contribution in [-0.2, 0) is 27.9 Å². The van der Waals surface area contributed by atoms with Gasteiger partial charge in [0.25, 0.3) is 0 Å². The van der Waals surface area contributed by atoms with Gasteiger partial charge in [-0.3, -0.25) is 13.8 Å². The van der Waals surface area contributed by atoms with Gasteiger partial charge in [0.15, 0.2) is 0 Å². The highest BCUT2D eigenvalue weighted by Crippen LogP contribution is 2.43. The van der Waals surface area contributed by atoms with Crippen molar-refractivity contribution < 1.29 is 32.8 Å². The van der Waals surface area contributed by atoms with Gasteiger partial charge >= 0.3 is 13.8 Å². The van der Waals surface area contributed by atoms with Gasteiger partial charge in [0.1, 0.15) is 6.10 Å². The van der Waals surface area contributed by atoms with Gasteiger partial charge in [-0.1, -0.05) is 152 Å². The van der Waals surface area contributed by atoms with Crippen molar-refractivity contribution in [3.05, 3.63) is 48.6 Å². The Balaban J connectivity index is 4.02. The molecule has 0 aromatic heterocycles. The number of rotatable bonds is 40. The zero-order valence-corrected chi connectivity index (χ0v) is 34.4. The van der Waals surface area contributed by atoms with E-state index in [1.54, 1.807) is 0 Å². The number of nitrogens with two attached hydrogens (primary N) is 1. The third kappa shape index (κ3) is 39.7. The monoisotopic (exact) mass is 754 g/mol. The van der Waals surface area contributed by atoms with Gasteiger partial charge in [-0.25, -0.2) is 4.57 Å². The lowest BCUT2D eigenvalue weighted by Gasteiger charge is -2.20. The fraction of sp³-hybridized carbons (Fsp3) is 0.791. The van der Waals surface area contributed by atoms with Crippen LogP contribution >= 0.6 is 7.82 Å². The lowest BCUT2D eigenvalue weighted by atomic mass is 10.1. The molecule has 0 heterocycles. The number of allylic oxidation sites excluding steroid dienone is 8. The SMILES string of the molecule is CCCC/C=C\CCCCCCCC(=O)OC(COCCCCCCCCC/C=C\C/C=C\C/C=C\CCCCCCC)COP(=O)(O)OCCN.